The molecular weight excluding hydrogens is 296 g/mol. The number of aromatic nitrogens is 5. The number of aromatic amines is 1. The molecule has 0 saturated carbocycles. The van der Waals surface area contributed by atoms with Crippen LogP contribution in [0.2, 0.25) is 0 Å². The number of nitrogens with zero attached hydrogens (tertiary/aromatic N) is 5. The van der Waals surface area contributed by atoms with Crippen LogP contribution in [0.4, 0.5) is 5.69 Å². The summed E-state index contributed by atoms with van der Waals surface area (Å²) in [4.78, 5) is 23.2. The van der Waals surface area contributed by atoms with E-state index in [4.69, 9.17) is 0 Å². The van der Waals surface area contributed by atoms with Crippen molar-refractivity contribution in [3.63, 3.8) is 0 Å². The van der Waals surface area contributed by atoms with E-state index >= 15 is 0 Å². The molecule has 118 valence electrons. The Kier molecular flexibility index (Phi) is 2.62. The molecule has 3 aromatic rings. The Labute approximate surface area is 130 Å². The van der Waals surface area contributed by atoms with Crippen molar-refractivity contribution in [2.24, 2.45) is 12.0 Å². The number of hydrogen-bond donors (Lipinski definition) is 3. The number of fused-ring (bicyclic) bond motifs is 2. The molecule has 0 aromatic carbocycles. The van der Waals surface area contributed by atoms with Crippen LogP contribution in [0.5, 0.6) is 0 Å². The lowest BCUT2D eigenvalue weighted by molar-refractivity contribution is 0.471. The molecule has 1 unspecified atom stereocenters. The van der Waals surface area contributed by atoms with Crippen LogP contribution in [-0.2, 0) is 7.05 Å². The van der Waals surface area contributed by atoms with Gasteiger partial charge in [-0.3, -0.25) is 9.55 Å². The van der Waals surface area contributed by atoms with E-state index < -0.39 is 5.79 Å². The van der Waals surface area contributed by atoms with Crippen molar-refractivity contribution < 1.29 is 0 Å². The molecule has 3 N–H and O–H groups in total. The minimum atomic E-state index is -0.781. The molecule has 4 rings (SSSR count). The summed E-state index contributed by atoms with van der Waals surface area (Å²) >= 11 is 0. The molecule has 0 spiro atoms. The highest BCUT2D eigenvalue weighted by atomic mass is 16.1. The number of pyridine rings is 1. The average molecular weight is 312 g/mol. The second-order valence-electron chi connectivity index (χ2n) is 5.75. The van der Waals surface area contributed by atoms with E-state index in [1.807, 2.05) is 26.1 Å². The van der Waals surface area contributed by atoms with Crippen LogP contribution < -0.4 is 27.2 Å². The summed E-state index contributed by atoms with van der Waals surface area (Å²) in [6.07, 6.45) is 5.15. The third-order valence-electron chi connectivity index (χ3n) is 3.96. The van der Waals surface area contributed by atoms with Gasteiger partial charge < -0.3 is 10.6 Å². The molecule has 0 fully saturated rings. The van der Waals surface area contributed by atoms with Gasteiger partial charge in [-0.1, -0.05) is 0 Å². The van der Waals surface area contributed by atoms with Gasteiger partial charge in [0.05, 0.1) is 11.9 Å². The molecule has 23 heavy (non-hydrogen) atoms. The monoisotopic (exact) mass is 312 g/mol. The lowest BCUT2D eigenvalue weighted by Gasteiger charge is -2.30. The van der Waals surface area contributed by atoms with Crippen molar-refractivity contribution in [3.05, 3.63) is 45.5 Å². The predicted octanol–water partition coefficient (Wildman–Crippen LogP) is -1.19. The van der Waals surface area contributed by atoms with Crippen molar-refractivity contribution >= 4 is 17.5 Å². The first-order chi connectivity index (χ1) is 11.0. The van der Waals surface area contributed by atoms with Crippen LogP contribution in [0.1, 0.15) is 12.5 Å². The fourth-order valence-corrected chi connectivity index (χ4v) is 2.65. The minimum Gasteiger partial charge on any atom is -0.349 e. The van der Waals surface area contributed by atoms with E-state index in [1.54, 1.807) is 17.8 Å². The van der Waals surface area contributed by atoms with E-state index in [2.05, 4.69) is 30.7 Å². The zero-order valence-electron chi connectivity index (χ0n) is 13.0. The van der Waals surface area contributed by atoms with Gasteiger partial charge in [-0.15, -0.1) is 0 Å². The van der Waals surface area contributed by atoms with Gasteiger partial charge in [-0.25, -0.2) is 19.3 Å². The zero-order chi connectivity index (χ0) is 16.2. The van der Waals surface area contributed by atoms with E-state index in [0.717, 1.165) is 22.2 Å². The lowest BCUT2D eigenvalue weighted by Crippen LogP contribution is -2.53. The van der Waals surface area contributed by atoms with Gasteiger partial charge in [0, 0.05) is 13.2 Å². The Morgan fingerprint density at radius 1 is 1.39 bits per heavy atom. The summed E-state index contributed by atoms with van der Waals surface area (Å²) in [6, 6.07) is 1.95. The van der Waals surface area contributed by atoms with Crippen molar-refractivity contribution in [1.29, 1.82) is 0 Å². The molecule has 1 aliphatic rings. The van der Waals surface area contributed by atoms with E-state index in [-0.39, 0.29) is 5.69 Å². The molecule has 4 heterocycles. The van der Waals surface area contributed by atoms with Gasteiger partial charge in [0.1, 0.15) is 11.7 Å². The Balaban J connectivity index is 1.78. The standard InChI is InChI=1S/C14H16N8O/c1-8-4-11-15-7-17-22(11)6-9(8)19-14(2)16-5-10-12(20-14)18-13(23)21(10)3/h4-7,16,19H,1-3H3,(H,18,20,23). The second-order valence-corrected chi connectivity index (χ2v) is 5.75. The number of nitrogens with one attached hydrogen (secondary N) is 3. The molecular formula is C14H16N8O. The number of anilines is 1. The van der Waals surface area contributed by atoms with Crippen LogP contribution in [0.25, 0.3) is 11.8 Å². The summed E-state index contributed by atoms with van der Waals surface area (Å²) in [5.74, 6) is -0.781. The van der Waals surface area contributed by atoms with Crippen molar-refractivity contribution in [2.45, 2.75) is 19.6 Å². The molecule has 0 bridgehead atoms. The minimum absolute atomic E-state index is 0.193. The number of H-pyrrole nitrogens is 1. The predicted molar refractivity (Wildman–Crippen MR) is 84.2 cm³/mol. The normalized spacial score (nSPS) is 19.6. The van der Waals surface area contributed by atoms with Gasteiger partial charge in [-0.2, -0.15) is 5.10 Å². The maximum atomic E-state index is 11.7. The van der Waals surface area contributed by atoms with Crippen LogP contribution in [0.15, 0.2) is 28.4 Å². The van der Waals surface area contributed by atoms with Crippen molar-refractivity contribution in [3.8, 4) is 0 Å². The highest BCUT2D eigenvalue weighted by molar-refractivity contribution is 5.57. The smallest absolute Gasteiger partial charge is 0.327 e. The van der Waals surface area contributed by atoms with Crippen LogP contribution in [0, 0.1) is 6.92 Å². The Bertz CT molecular complexity index is 1090. The fraction of sp³-hybridized carbons (Fsp3) is 0.286. The summed E-state index contributed by atoms with van der Waals surface area (Å²) in [5.41, 5.74) is 3.04. The second kappa shape index (κ2) is 4.45. The summed E-state index contributed by atoms with van der Waals surface area (Å²) < 4.78 is 3.21. The maximum absolute atomic E-state index is 11.7. The van der Waals surface area contributed by atoms with E-state index in [1.165, 1.54) is 10.9 Å². The van der Waals surface area contributed by atoms with Gasteiger partial charge >= 0.3 is 5.69 Å². The number of rotatable bonds is 2. The van der Waals surface area contributed by atoms with Crippen LogP contribution in [-0.4, -0.2) is 29.9 Å². The largest absolute Gasteiger partial charge is 0.349 e. The Hall–Kier alpha value is -3.10. The van der Waals surface area contributed by atoms with Gasteiger partial charge in [0.15, 0.2) is 11.1 Å². The molecule has 0 saturated heterocycles. The topological polar surface area (TPSA) is 104 Å². The molecule has 9 heteroatoms. The summed E-state index contributed by atoms with van der Waals surface area (Å²) in [5, 5.41) is 11.4. The SMILES string of the molecule is Cc1cc2ncnn2cc1NC1(C)N=c2[nH]c(=O)n(C)c2=CN1. The number of hydrogen-bond acceptors (Lipinski definition) is 6. The van der Waals surface area contributed by atoms with Crippen LogP contribution in [0.3, 0.4) is 0 Å². The molecule has 1 aliphatic heterocycles. The molecule has 0 aliphatic carbocycles. The first-order valence-corrected chi connectivity index (χ1v) is 7.16. The number of imidazole rings is 1. The zero-order valence-corrected chi connectivity index (χ0v) is 13.0. The molecule has 0 radical (unpaired) electrons. The highest BCUT2D eigenvalue weighted by Gasteiger charge is 2.25. The lowest BCUT2D eigenvalue weighted by atomic mass is 10.2. The van der Waals surface area contributed by atoms with Gasteiger partial charge in [0.25, 0.3) is 0 Å². The first kappa shape index (κ1) is 13.6. The highest BCUT2D eigenvalue weighted by Crippen LogP contribution is 2.20. The average Bonchev–Trinajstić information content (AvgIpc) is 3.04. The molecule has 3 aromatic heterocycles. The molecule has 1 atom stereocenters. The van der Waals surface area contributed by atoms with Gasteiger partial charge in [-0.05, 0) is 25.5 Å². The first-order valence-electron chi connectivity index (χ1n) is 7.16. The third-order valence-corrected chi connectivity index (χ3v) is 3.96. The van der Waals surface area contributed by atoms with Crippen molar-refractivity contribution in [1.82, 2.24) is 29.5 Å². The Morgan fingerprint density at radius 2 is 2.22 bits per heavy atom. The fourth-order valence-electron chi connectivity index (χ4n) is 2.65. The van der Waals surface area contributed by atoms with E-state index in [0.29, 0.717) is 5.49 Å². The third kappa shape index (κ3) is 2.08. The molecule has 0 amide bonds. The van der Waals surface area contributed by atoms with Crippen molar-refractivity contribution in [2.75, 3.05) is 5.32 Å². The quantitative estimate of drug-likeness (QED) is 0.552. The summed E-state index contributed by atoms with van der Waals surface area (Å²) in [6.45, 7) is 3.88. The Morgan fingerprint density at radius 3 is 3.04 bits per heavy atom. The van der Waals surface area contributed by atoms with Gasteiger partial charge in [0.2, 0.25) is 5.79 Å². The molecule has 9 nitrogen and oxygen atoms in total. The maximum Gasteiger partial charge on any atom is 0.327 e. The summed E-state index contributed by atoms with van der Waals surface area (Å²) in [7, 11) is 1.70. The number of aryl methyl sites for hydroxylation is 1. The van der Waals surface area contributed by atoms with Crippen LogP contribution >= 0.6 is 0 Å². The van der Waals surface area contributed by atoms with E-state index in [9.17, 15) is 4.79 Å².